The van der Waals surface area contributed by atoms with Gasteiger partial charge in [0, 0.05) is 26.1 Å². The maximum atomic E-state index is 14.4. The van der Waals surface area contributed by atoms with Crippen molar-refractivity contribution >= 4 is 23.1 Å². The summed E-state index contributed by atoms with van der Waals surface area (Å²) in [6, 6.07) is 10.0. The molecule has 1 saturated heterocycles. The summed E-state index contributed by atoms with van der Waals surface area (Å²) < 4.78 is 25.6. The summed E-state index contributed by atoms with van der Waals surface area (Å²) >= 11 is 0. The number of hydrogen-bond donors (Lipinski definition) is 1. The Hall–Kier alpha value is -3.42. The summed E-state index contributed by atoms with van der Waals surface area (Å²) in [5.74, 6) is -0.270. The predicted octanol–water partition coefficient (Wildman–Crippen LogP) is 4.72. The number of amides is 2. The van der Waals surface area contributed by atoms with Crippen LogP contribution in [0.3, 0.4) is 0 Å². The number of benzene rings is 2. The Kier molecular flexibility index (Phi) is 6.12. The predicted molar refractivity (Wildman–Crippen MR) is 118 cm³/mol. The van der Waals surface area contributed by atoms with Crippen LogP contribution in [0.15, 0.2) is 40.8 Å². The largest absolute Gasteiger partial charge is 0.447 e. The molecule has 1 aromatic heterocycles. The fourth-order valence-corrected chi connectivity index (χ4v) is 3.90. The standard InChI is InChI=1S/C24H26FN3O4/c1-14(2)31-24(30)28-10-8-15(9-11-28)23-27-20-13-17(5-7-21(20)32-23)16-4-6-18(19(25)12-16)22(29)26-3/h4-7,12-15H,8-11H2,1-3H3,(H,26,29). The van der Waals surface area contributed by atoms with E-state index in [-0.39, 0.29) is 23.7 Å². The van der Waals surface area contributed by atoms with Crippen molar-refractivity contribution in [3.8, 4) is 11.1 Å². The van der Waals surface area contributed by atoms with E-state index < -0.39 is 11.7 Å². The summed E-state index contributed by atoms with van der Waals surface area (Å²) in [5, 5.41) is 2.43. The van der Waals surface area contributed by atoms with E-state index in [9.17, 15) is 14.0 Å². The molecule has 0 saturated carbocycles. The van der Waals surface area contributed by atoms with E-state index in [0.29, 0.717) is 35.6 Å². The molecule has 32 heavy (non-hydrogen) atoms. The zero-order valence-corrected chi connectivity index (χ0v) is 18.4. The molecule has 1 fully saturated rings. The number of carbonyl (C=O) groups is 2. The summed E-state index contributed by atoms with van der Waals surface area (Å²) in [7, 11) is 1.47. The van der Waals surface area contributed by atoms with Gasteiger partial charge in [0.05, 0.1) is 11.7 Å². The van der Waals surface area contributed by atoms with Gasteiger partial charge in [-0.3, -0.25) is 4.79 Å². The van der Waals surface area contributed by atoms with E-state index >= 15 is 0 Å². The van der Waals surface area contributed by atoms with Crippen molar-refractivity contribution in [2.24, 2.45) is 0 Å². The van der Waals surface area contributed by atoms with Crippen LogP contribution in [0.4, 0.5) is 9.18 Å². The minimum atomic E-state index is -0.578. The number of ether oxygens (including phenoxy) is 1. The second-order valence-corrected chi connectivity index (χ2v) is 8.20. The first-order valence-corrected chi connectivity index (χ1v) is 10.7. The highest BCUT2D eigenvalue weighted by atomic mass is 19.1. The first-order valence-electron chi connectivity index (χ1n) is 10.7. The highest BCUT2D eigenvalue weighted by Gasteiger charge is 2.28. The third-order valence-electron chi connectivity index (χ3n) is 5.62. The number of carbonyl (C=O) groups excluding carboxylic acids is 2. The minimum Gasteiger partial charge on any atom is -0.447 e. The smallest absolute Gasteiger partial charge is 0.410 e. The molecule has 1 aliphatic rings. The summed E-state index contributed by atoms with van der Waals surface area (Å²) in [5.41, 5.74) is 2.79. The van der Waals surface area contributed by atoms with Crippen molar-refractivity contribution < 1.29 is 23.1 Å². The lowest BCUT2D eigenvalue weighted by Crippen LogP contribution is -2.39. The molecule has 168 valence electrons. The Bertz CT molecular complexity index is 1150. The topological polar surface area (TPSA) is 84.7 Å². The van der Waals surface area contributed by atoms with Gasteiger partial charge in [0.15, 0.2) is 11.5 Å². The molecule has 4 rings (SSSR count). The molecule has 0 unspecified atom stereocenters. The molecule has 2 heterocycles. The number of halogens is 1. The lowest BCUT2D eigenvalue weighted by Gasteiger charge is -2.30. The molecular formula is C24H26FN3O4. The summed E-state index contributed by atoms with van der Waals surface area (Å²) in [4.78, 5) is 30.2. The van der Waals surface area contributed by atoms with Crippen LogP contribution < -0.4 is 5.32 Å². The average molecular weight is 439 g/mol. The van der Waals surface area contributed by atoms with E-state index in [1.54, 1.807) is 11.0 Å². The number of fused-ring (bicyclic) bond motifs is 1. The van der Waals surface area contributed by atoms with Crippen molar-refractivity contribution in [3.63, 3.8) is 0 Å². The molecule has 0 atom stereocenters. The highest BCUT2D eigenvalue weighted by Crippen LogP contribution is 2.32. The number of aromatic nitrogens is 1. The van der Waals surface area contributed by atoms with E-state index in [1.165, 1.54) is 19.2 Å². The molecule has 0 bridgehead atoms. The summed E-state index contributed by atoms with van der Waals surface area (Å²) in [6.45, 7) is 4.86. The van der Waals surface area contributed by atoms with Crippen LogP contribution in [0.1, 0.15) is 48.9 Å². The molecule has 8 heteroatoms. The van der Waals surface area contributed by atoms with Crippen molar-refractivity contribution in [2.45, 2.75) is 38.7 Å². The quantitative estimate of drug-likeness (QED) is 0.636. The van der Waals surface area contributed by atoms with Gasteiger partial charge in [-0.1, -0.05) is 12.1 Å². The molecule has 1 N–H and O–H groups in total. The first-order chi connectivity index (χ1) is 15.4. The maximum Gasteiger partial charge on any atom is 0.410 e. The fourth-order valence-electron chi connectivity index (χ4n) is 3.90. The van der Waals surface area contributed by atoms with Gasteiger partial charge in [0.1, 0.15) is 11.3 Å². The zero-order valence-electron chi connectivity index (χ0n) is 18.4. The highest BCUT2D eigenvalue weighted by molar-refractivity contribution is 5.95. The van der Waals surface area contributed by atoms with Crippen molar-refractivity contribution in [3.05, 3.63) is 53.7 Å². The molecule has 2 aromatic carbocycles. The van der Waals surface area contributed by atoms with Crippen molar-refractivity contribution in [2.75, 3.05) is 20.1 Å². The van der Waals surface area contributed by atoms with E-state index in [1.807, 2.05) is 32.0 Å². The third-order valence-corrected chi connectivity index (χ3v) is 5.62. The Morgan fingerprint density at radius 1 is 1.16 bits per heavy atom. The Balaban J connectivity index is 1.50. The molecule has 2 amide bonds. The van der Waals surface area contributed by atoms with Gasteiger partial charge in [-0.25, -0.2) is 14.2 Å². The number of nitrogens with one attached hydrogen (secondary N) is 1. The van der Waals surface area contributed by atoms with E-state index in [0.717, 1.165) is 18.4 Å². The van der Waals surface area contributed by atoms with Crippen LogP contribution in [0, 0.1) is 5.82 Å². The van der Waals surface area contributed by atoms with Crippen LogP contribution in [-0.4, -0.2) is 48.1 Å². The van der Waals surface area contributed by atoms with Gasteiger partial charge < -0.3 is 19.4 Å². The molecule has 0 radical (unpaired) electrons. The van der Waals surface area contributed by atoms with Gasteiger partial charge in [0.25, 0.3) is 5.91 Å². The number of hydrogen-bond acceptors (Lipinski definition) is 5. The minimum absolute atomic E-state index is 0.00432. The summed E-state index contributed by atoms with van der Waals surface area (Å²) in [6.07, 6.45) is 1.08. The van der Waals surface area contributed by atoms with Crippen LogP contribution in [0.25, 0.3) is 22.2 Å². The van der Waals surface area contributed by atoms with Gasteiger partial charge in [-0.15, -0.1) is 0 Å². The normalized spacial score (nSPS) is 14.7. The zero-order chi connectivity index (χ0) is 22.8. The van der Waals surface area contributed by atoms with Crippen LogP contribution in [0.5, 0.6) is 0 Å². The Labute approximate surface area is 185 Å². The van der Waals surface area contributed by atoms with Gasteiger partial charge in [0.2, 0.25) is 0 Å². The Morgan fingerprint density at radius 2 is 1.84 bits per heavy atom. The average Bonchev–Trinajstić information content (AvgIpc) is 3.21. The number of likely N-dealkylation sites (tertiary alicyclic amines) is 1. The van der Waals surface area contributed by atoms with Crippen molar-refractivity contribution in [1.29, 1.82) is 0 Å². The lowest BCUT2D eigenvalue weighted by atomic mass is 9.97. The number of nitrogens with zero attached hydrogens (tertiary/aromatic N) is 2. The number of oxazole rings is 1. The van der Waals surface area contributed by atoms with Gasteiger partial charge in [-0.2, -0.15) is 0 Å². The fraction of sp³-hybridized carbons (Fsp3) is 0.375. The van der Waals surface area contributed by atoms with Crippen LogP contribution in [0.2, 0.25) is 0 Å². The molecule has 0 spiro atoms. The van der Waals surface area contributed by atoms with Gasteiger partial charge >= 0.3 is 6.09 Å². The lowest BCUT2D eigenvalue weighted by molar-refractivity contribution is 0.0681. The second kappa shape index (κ2) is 8.98. The molecule has 1 aliphatic heterocycles. The van der Waals surface area contributed by atoms with Crippen molar-refractivity contribution in [1.82, 2.24) is 15.2 Å². The molecular weight excluding hydrogens is 413 g/mol. The monoisotopic (exact) mass is 439 g/mol. The second-order valence-electron chi connectivity index (χ2n) is 8.20. The third kappa shape index (κ3) is 4.44. The molecule has 0 aliphatic carbocycles. The molecule has 3 aromatic rings. The first kappa shape index (κ1) is 21.8. The van der Waals surface area contributed by atoms with E-state index in [2.05, 4.69) is 10.3 Å². The van der Waals surface area contributed by atoms with Crippen LogP contribution in [-0.2, 0) is 4.74 Å². The molecule has 7 nitrogen and oxygen atoms in total. The Morgan fingerprint density at radius 3 is 2.50 bits per heavy atom. The number of piperidine rings is 1. The van der Waals surface area contributed by atoms with E-state index in [4.69, 9.17) is 9.15 Å². The SMILES string of the molecule is CNC(=O)c1ccc(-c2ccc3oc(C4CCN(C(=O)OC(C)C)CC4)nc3c2)cc1F. The maximum absolute atomic E-state index is 14.4. The van der Waals surface area contributed by atoms with Gasteiger partial charge in [-0.05, 0) is 62.1 Å². The number of rotatable bonds is 4. The van der Waals surface area contributed by atoms with Crippen LogP contribution >= 0.6 is 0 Å².